The third-order valence-electron chi connectivity index (χ3n) is 4.47. The van der Waals surface area contributed by atoms with Crippen molar-refractivity contribution in [3.05, 3.63) is 48.4 Å². The Hall–Kier alpha value is -3.11. The molecule has 1 aromatic carbocycles. The summed E-state index contributed by atoms with van der Waals surface area (Å²) in [4.78, 5) is 20.1. The molecule has 3 heterocycles. The van der Waals surface area contributed by atoms with Crippen molar-refractivity contribution in [3.8, 4) is 5.88 Å². The molecule has 28 heavy (non-hydrogen) atoms. The van der Waals surface area contributed by atoms with Crippen LogP contribution in [-0.2, 0) is 9.47 Å². The lowest BCUT2D eigenvalue weighted by Crippen LogP contribution is -2.32. The Labute approximate surface area is 158 Å². The van der Waals surface area contributed by atoms with Crippen molar-refractivity contribution < 1.29 is 28.5 Å². The second kappa shape index (κ2) is 7.49. The zero-order valence-corrected chi connectivity index (χ0v) is 14.8. The number of nitrogens with zero attached hydrogens (tertiary/aromatic N) is 4. The number of carbonyl (C=O) groups is 1. The van der Waals surface area contributed by atoms with Gasteiger partial charge in [-0.2, -0.15) is 5.10 Å². The second-order valence-corrected chi connectivity index (χ2v) is 6.17. The van der Waals surface area contributed by atoms with Gasteiger partial charge in [0.25, 0.3) is 0 Å². The summed E-state index contributed by atoms with van der Waals surface area (Å²) < 4.78 is 31.8. The minimum Gasteiger partial charge on any atom is -0.480 e. The van der Waals surface area contributed by atoms with Crippen molar-refractivity contribution in [2.45, 2.75) is 24.6 Å². The van der Waals surface area contributed by atoms with Crippen LogP contribution in [0.25, 0.3) is 11.0 Å². The van der Waals surface area contributed by atoms with E-state index in [4.69, 9.17) is 14.2 Å². The van der Waals surface area contributed by atoms with Crippen molar-refractivity contribution in [2.24, 2.45) is 0 Å². The van der Waals surface area contributed by atoms with Crippen molar-refractivity contribution in [1.29, 1.82) is 0 Å². The average Bonchev–Trinajstić information content (AvgIpc) is 3.28. The van der Waals surface area contributed by atoms with Crippen LogP contribution in [0.2, 0.25) is 0 Å². The van der Waals surface area contributed by atoms with Gasteiger partial charge in [0.1, 0.15) is 30.5 Å². The van der Waals surface area contributed by atoms with E-state index in [1.54, 1.807) is 30.3 Å². The SMILES string of the molecule is COc1ncnc2c1cnn2[C@@H]1O[C@H](COC(=O)c2ccccc2)[C@@H](O)[C@@H]1F. The highest BCUT2D eigenvalue weighted by Gasteiger charge is 2.46. The lowest BCUT2D eigenvalue weighted by atomic mass is 10.1. The number of hydrogen-bond acceptors (Lipinski definition) is 8. The summed E-state index contributed by atoms with van der Waals surface area (Å²) in [5.74, 6) is -0.296. The fourth-order valence-corrected chi connectivity index (χ4v) is 3.04. The molecule has 1 saturated heterocycles. The number of halogens is 1. The number of rotatable bonds is 5. The number of alkyl halides is 1. The van der Waals surface area contributed by atoms with Crippen molar-refractivity contribution >= 4 is 17.0 Å². The molecule has 4 atom stereocenters. The third kappa shape index (κ3) is 3.16. The van der Waals surface area contributed by atoms with E-state index in [0.717, 1.165) is 0 Å². The lowest BCUT2D eigenvalue weighted by Gasteiger charge is -2.15. The molecular weight excluding hydrogens is 371 g/mol. The van der Waals surface area contributed by atoms with Crippen LogP contribution >= 0.6 is 0 Å². The number of aromatic nitrogens is 4. The van der Waals surface area contributed by atoms with Gasteiger partial charge in [0, 0.05) is 0 Å². The Morgan fingerprint density at radius 3 is 2.86 bits per heavy atom. The zero-order chi connectivity index (χ0) is 19.7. The molecule has 146 valence electrons. The molecule has 0 saturated carbocycles. The molecule has 0 bridgehead atoms. The summed E-state index contributed by atoms with van der Waals surface area (Å²) in [5, 5.41) is 14.8. The lowest BCUT2D eigenvalue weighted by molar-refractivity contribution is -0.0567. The van der Waals surface area contributed by atoms with E-state index >= 15 is 0 Å². The van der Waals surface area contributed by atoms with Crippen molar-refractivity contribution in [2.75, 3.05) is 13.7 Å². The molecule has 1 aliphatic heterocycles. The number of aliphatic hydroxyl groups is 1. The molecule has 0 radical (unpaired) electrons. The fourth-order valence-electron chi connectivity index (χ4n) is 3.04. The number of hydrogen-bond donors (Lipinski definition) is 1. The van der Waals surface area contributed by atoms with Crippen LogP contribution in [0.3, 0.4) is 0 Å². The van der Waals surface area contributed by atoms with E-state index in [2.05, 4.69) is 15.1 Å². The quantitative estimate of drug-likeness (QED) is 0.652. The number of carbonyl (C=O) groups excluding carboxylic acids is 1. The average molecular weight is 388 g/mol. The van der Waals surface area contributed by atoms with E-state index in [1.165, 1.54) is 24.3 Å². The molecule has 1 fully saturated rings. The topological polar surface area (TPSA) is 109 Å². The molecule has 10 heteroatoms. The first-order valence-corrected chi connectivity index (χ1v) is 8.52. The van der Waals surface area contributed by atoms with Crippen LogP contribution in [0.1, 0.15) is 16.6 Å². The molecule has 1 aliphatic rings. The highest BCUT2D eigenvalue weighted by molar-refractivity contribution is 5.89. The number of ether oxygens (including phenoxy) is 3. The predicted molar refractivity (Wildman–Crippen MR) is 93.4 cm³/mol. The van der Waals surface area contributed by atoms with Gasteiger partial charge in [0.2, 0.25) is 5.88 Å². The Balaban J connectivity index is 1.50. The Bertz CT molecular complexity index is 983. The largest absolute Gasteiger partial charge is 0.480 e. The molecule has 4 rings (SSSR count). The summed E-state index contributed by atoms with van der Waals surface area (Å²) in [6.07, 6.45) is -2.86. The summed E-state index contributed by atoms with van der Waals surface area (Å²) >= 11 is 0. The second-order valence-electron chi connectivity index (χ2n) is 6.17. The minimum absolute atomic E-state index is 0.290. The molecule has 2 aromatic heterocycles. The first-order valence-electron chi connectivity index (χ1n) is 8.52. The van der Waals surface area contributed by atoms with Crippen LogP contribution in [-0.4, -0.2) is 62.9 Å². The first kappa shape index (κ1) is 18.3. The van der Waals surface area contributed by atoms with Crippen LogP contribution in [0, 0.1) is 0 Å². The molecule has 1 N–H and O–H groups in total. The number of esters is 1. The Morgan fingerprint density at radius 2 is 2.11 bits per heavy atom. The van der Waals surface area contributed by atoms with E-state index in [9.17, 15) is 14.3 Å². The van der Waals surface area contributed by atoms with E-state index in [-0.39, 0.29) is 6.61 Å². The van der Waals surface area contributed by atoms with Crippen LogP contribution in [0.5, 0.6) is 5.88 Å². The van der Waals surface area contributed by atoms with Crippen molar-refractivity contribution in [3.63, 3.8) is 0 Å². The predicted octanol–water partition coefficient (Wildman–Crippen LogP) is 1.29. The fraction of sp³-hybridized carbons (Fsp3) is 0.333. The maximum atomic E-state index is 14.7. The van der Waals surface area contributed by atoms with E-state index in [0.29, 0.717) is 22.5 Å². The highest BCUT2D eigenvalue weighted by Crippen LogP contribution is 2.34. The summed E-state index contributed by atoms with van der Waals surface area (Å²) in [7, 11) is 1.45. The van der Waals surface area contributed by atoms with Gasteiger partial charge >= 0.3 is 5.97 Å². The number of benzene rings is 1. The molecular formula is C18H17FN4O5. The van der Waals surface area contributed by atoms with Crippen LogP contribution in [0.4, 0.5) is 4.39 Å². The van der Waals surface area contributed by atoms with Gasteiger partial charge in [-0.15, -0.1) is 0 Å². The number of aliphatic hydroxyl groups excluding tert-OH is 1. The van der Waals surface area contributed by atoms with E-state index in [1.807, 2.05) is 0 Å². The van der Waals surface area contributed by atoms with Gasteiger partial charge < -0.3 is 19.3 Å². The standard InChI is InChI=1S/C18H17FN4O5/c1-26-16-11-7-22-23(15(11)20-9-21-16)17-13(19)14(24)12(28-17)8-27-18(25)10-5-3-2-4-6-10/h2-7,9,12-14,17,24H,8H2,1H3/t12-,13+,14-,17-/m1/s1. The Kier molecular flexibility index (Phi) is 4.88. The molecule has 9 nitrogen and oxygen atoms in total. The summed E-state index contributed by atoms with van der Waals surface area (Å²) in [6.45, 7) is -0.302. The van der Waals surface area contributed by atoms with Gasteiger partial charge in [-0.3, -0.25) is 0 Å². The monoisotopic (exact) mass is 388 g/mol. The van der Waals surface area contributed by atoms with Gasteiger partial charge in [-0.05, 0) is 12.1 Å². The summed E-state index contributed by atoms with van der Waals surface area (Å²) in [6, 6.07) is 8.36. The Morgan fingerprint density at radius 1 is 1.32 bits per heavy atom. The number of fused-ring (bicyclic) bond motifs is 1. The third-order valence-corrected chi connectivity index (χ3v) is 4.47. The molecule has 0 aliphatic carbocycles. The number of methoxy groups -OCH3 is 1. The van der Waals surface area contributed by atoms with Gasteiger partial charge in [-0.25, -0.2) is 23.8 Å². The molecule has 3 aromatic rings. The normalized spacial score (nSPS) is 24.4. The first-order chi connectivity index (χ1) is 13.6. The van der Waals surface area contributed by atoms with Gasteiger partial charge in [0.05, 0.1) is 18.9 Å². The van der Waals surface area contributed by atoms with Crippen molar-refractivity contribution in [1.82, 2.24) is 19.7 Å². The van der Waals surface area contributed by atoms with Crippen LogP contribution in [0.15, 0.2) is 42.9 Å². The van der Waals surface area contributed by atoms with Gasteiger partial charge in [0.15, 0.2) is 18.0 Å². The van der Waals surface area contributed by atoms with Gasteiger partial charge in [-0.1, -0.05) is 18.2 Å². The summed E-state index contributed by atoms with van der Waals surface area (Å²) in [5.41, 5.74) is 0.652. The van der Waals surface area contributed by atoms with Crippen LogP contribution < -0.4 is 4.74 Å². The smallest absolute Gasteiger partial charge is 0.338 e. The van der Waals surface area contributed by atoms with E-state index < -0.39 is 30.6 Å². The maximum Gasteiger partial charge on any atom is 0.338 e. The highest BCUT2D eigenvalue weighted by atomic mass is 19.1. The molecule has 0 spiro atoms. The maximum absolute atomic E-state index is 14.7. The molecule has 0 amide bonds. The molecule has 0 unspecified atom stereocenters. The minimum atomic E-state index is -1.79. The zero-order valence-electron chi connectivity index (χ0n) is 14.8.